The molecule has 1 heterocycles. The zero-order valence-corrected chi connectivity index (χ0v) is 8.90. The summed E-state index contributed by atoms with van der Waals surface area (Å²) in [6.45, 7) is 0. The molecule has 0 radical (unpaired) electrons. The lowest BCUT2D eigenvalue weighted by Gasteiger charge is -2.06. The lowest BCUT2D eigenvalue weighted by Crippen LogP contribution is -1.93. The van der Waals surface area contributed by atoms with Crippen molar-refractivity contribution in [2.45, 2.75) is 0 Å². The smallest absolute Gasteiger partial charge is 0.155 e. The lowest BCUT2D eigenvalue weighted by atomic mass is 10.1. The van der Waals surface area contributed by atoms with Gasteiger partial charge in [-0.2, -0.15) is 0 Å². The van der Waals surface area contributed by atoms with E-state index in [1.807, 2.05) is 30.3 Å². The van der Waals surface area contributed by atoms with E-state index in [9.17, 15) is 0 Å². The lowest BCUT2D eigenvalue weighted by molar-refractivity contribution is 0.413. The van der Waals surface area contributed by atoms with Gasteiger partial charge in [-0.1, -0.05) is 41.9 Å². The van der Waals surface area contributed by atoms with E-state index in [1.165, 1.54) is 0 Å². The van der Waals surface area contributed by atoms with Crippen LogP contribution in [0, 0.1) is 0 Å². The first-order valence-electron chi connectivity index (χ1n) is 4.44. The number of ether oxygens (including phenoxy) is 1. The summed E-state index contributed by atoms with van der Waals surface area (Å²) in [7, 11) is 1.58. The molecule has 0 bridgehead atoms. The minimum absolute atomic E-state index is 0.325. The van der Waals surface area contributed by atoms with Crippen LogP contribution in [0.5, 0.6) is 5.75 Å². The highest BCUT2D eigenvalue weighted by molar-refractivity contribution is 6.29. The van der Waals surface area contributed by atoms with Crippen molar-refractivity contribution in [1.82, 2.24) is 10.2 Å². The Balaban J connectivity index is 2.53. The van der Waals surface area contributed by atoms with Crippen LogP contribution in [0.25, 0.3) is 11.3 Å². The second-order valence-corrected chi connectivity index (χ2v) is 3.34. The maximum absolute atomic E-state index is 5.73. The molecule has 0 amide bonds. The van der Waals surface area contributed by atoms with E-state index in [0.29, 0.717) is 16.6 Å². The van der Waals surface area contributed by atoms with Crippen molar-refractivity contribution in [1.29, 1.82) is 0 Å². The first-order chi connectivity index (χ1) is 7.31. The van der Waals surface area contributed by atoms with Gasteiger partial charge in [-0.25, -0.2) is 0 Å². The van der Waals surface area contributed by atoms with E-state index in [0.717, 1.165) is 5.56 Å². The summed E-state index contributed by atoms with van der Waals surface area (Å²) in [5.41, 5.74) is 1.65. The first kappa shape index (κ1) is 9.93. The second-order valence-electron chi connectivity index (χ2n) is 2.95. The van der Waals surface area contributed by atoms with E-state index in [-0.39, 0.29) is 0 Å². The molecule has 0 N–H and O–H groups in total. The Bertz CT molecular complexity index is 459. The molecule has 0 aliphatic carbocycles. The number of halogens is 1. The summed E-state index contributed by atoms with van der Waals surface area (Å²) < 4.78 is 5.19. The van der Waals surface area contributed by atoms with Crippen LogP contribution in [-0.4, -0.2) is 17.3 Å². The minimum Gasteiger partial charge on any atom is -0.494 e. The molecule has 3 nitrogen and oxygen atoms in total. The molecule has 0 aliphatic heterocycles. The van der Waals surface area contributed by atoms with E-state index >= 15 is 0 Å². The van der Waals surface area contributed by atoms with E-state index in [1.54, 1.807) is 13.2 Å². The third-order valence-corrected chi connectivity index (χ3v) is 2.18. The molecule has 0 fully saturated rings. The Hall–Kier alpha value is -1.61. The highest BCUT2D eigenvalue weighted by Gasteiger charge is 2.08. The highest BCUT2D eigenvalue weighted by Crippen LogP contribution is 2.28. The van der Waals surface area contributed by atoms with Gasteiger partial charge in [-0.3, -0.25) is 0 Å². The number of rotatable bonds is 2. The van der Waals surface area contributed by atoms with Gasteiger partial charge < -0.3 is 4.74 Å². The first-order valence-corrected chi connectivity index (χ1v) is 4.81. The van der Waals surface area contributed by atoms with Gasteiger partial charge in [0.25, 0.3) is 0 Å². The molecule has 2 rings (SSSR count). The molecule has 76 valence electrons. The maximum Gasteiger partial charge on any atom is 0.155 e. The Morgan fingerprint density at radius 1 is 1.13 bits per heavy atom. The molecule has 0 spiro atoms. The standard InChI is InChI=1S/C11H9ClN2O/c1-15-9-7-10(12)13-14-11(9)8-5-3-2-4-6-8/h2-7H,1H3. The van der Waals surface area contributed by atoms with Gasteiger partial charge in [0, 0.05) is 11.6 Å². The monoisotopic (exact) mass is 220 g/mol. The Morgan fingerprint density at radius 3 is 2.53 bits per heavy atom. The number of nitrogens with zero attached hydrogens (tertiary/aromatic N) is 2. The van der Waals surface area contributed by atoms with Gasteiger partial charge in [0.2, 0.25) is 0 Å². The van der Waals surface area contributed by atoms with E-state index < -0.39 is 0 Å². The summed E-state index contributed by atoms with van der Waals surface area (Å²) in [4.78, 5) is 0. The predicted molar refractivity (Wildman–Crippen MR) is 59.0 cm³/mol. The SMILES string of the molecule is COc1cc(Cl)nnc1-c1ccccc1. The van der Waals surface area contributed by atoms with Crippen LogP contribution in [0.2, 0.25) is 5.15 Å². The number of aromatic nitrogens is 2. The summed E-state index contributed by atoms with van der Waals surface area (Å²) >= 11 is 5.73. The van der Waals surface area contributed by atoms with Gasteiger partial charge in [0.15, 0.2) is 5.15 Å². The van der Waals surface area contributed by atoms with Crippen LogP contribution in [0.4, 0.5) is 0 Å². The molecule has 0 unspecified atom stereocenters. The number of methoxy groups -OCH3 is 1. The quantitative estimate of drug-likeness (QED) is 0.781. The van der Waals surface area contributed by atoms with Crippen molar-refractivity contribution in [3.05, 3.63) is 41.6 Å². The summed E-state index contributed by atoms with van der Waals surface area (Å²) in [6, 6.07) is 11.4. The fraction of sp³-hybridized carbons (Fsp3) is 0.0909. The third kappa shape index (κ3) is 2.07. The zero-order chi connectivity index (χ0) is 10.7. The maximum atomic E-state index is 5.73. The molecular formula is C11H9ClN2O. The third-order valence-electron chi connectivity index (χ3n) is 2.00. The fourth-order valence-electron chi connectivity index (χ4n) is 1.30. The average molecular weight is 221 g/mol. The van der Waals surface area contributed by atoms with Gasteiger partial charge in [-0.15, -0.1) is 10.2 Å². The molecule has 15 heavy (non-hydrogen) atoms. The number of hydrogen-bond donors (Lipinski definition) is 0. The molecule has 0 saturated heterocycles. The van der Waals surface area contributed by atoms with Crippen molar-refractivity contribution in [3.63, 3.8) is 0 Å². The topological polar surface area (TPSA) is 35.0 Å². The van der Waals surface area contributed by atoms with Gasteiger partial charge in [0.1, 0.15) is 11.4 Å². The normalized spacial score (nSPS) is 10.0. The molecule has 2 aromatic rings. The van der Waals surface area contributed by atoms with Gasteiger partial charge >= 0.3 is 0 Å². The van der Waals surface area contributed by atoms with Crippen molar-refractivity contribution in [2.75, 3.05) is 7.11 Å². The minimum atomic E-state index is 0.325. The van der Waals surface area contributed by atoms with E-state index in [4.69, 9.17) is 16.3 Å². The van der Waals surface area contributed by atoms with Crippen LogP contribution >= 0.6 is 11.6 Å². The van der Waals surface area contributed by atoms with Crippen LogP contribution in [0.1, 0.15) is 0 Å². The highest BCUT2D eigenvalue weighted by atomic mass is 35.5. The fourth-order valence-corrected chi connectivity index (χ4v) is 1.44. The molecule has 0 atom stereocenters. The van der Waals surface area contributed by atoms with Crippen molar-refractivity contribution in [3.8, 4) is 17.0 Å². The number of hydrogen-bond acceptors (Lipinski definition) is 3. The number of benzene rings is 1. The predicted octanol–water partition coefficient (Wildman–Crippen LogP) is 2.81. The molecule has 1 aromatic carbocycles. The zero-order valence-electron chi connectivity index (χ0n) is 8.14. The summed E-state index contributed by atoms with van der Waals surface area (Å²) in [5, 5.41) is 8.14. The van der Waals surface area contributed by atoms with Gasteiger partial charge in [0.05, 0.1) is 7.11 Å². The second kappa shape index (κ2) is 4.28. The van der Waals surface area contributed by atoms with Crippen LogP contribution < -0.4 is 4.74 Å². The van der Waals surface area contributed by atoms with Crippen LogP contribution in [0.15, 0.2) is 36.4 Å². The largest absolute Gasteiger partial charge is 0.494 e. The molecule has 4 heteroatoms. The van der Waals surface area contributed by atoms with E-state index in [2.05, 4.69) is 10.2 Å². The van der Waals surface area contributed by atoms with Crippen molar-refractivity contribution in [2.24, 2.45) is 0 Å². The molecule has 0 aliphatic rings. The van der Waals surface area contributed by atoms with Crippen molar-refractivity contribution < 1.29 is 4.74 Å². The Kier molecular flexibility index (Phi) is 2.83. The summed E-state index contributed by atoms with van der Waals surface area (Å²) in [6.07, 6.45) is 0. The Labute approximate surface area is 92.7 Å². The van der Waals surface area contributed by atoms with Crippen molar-refractivity contribution >= 4 is 11.6 Å². The Morgan fingerprint density at radius 2 is 1.87 bits per heavy atom. The van der Waals surface area contributed by atoms with Crippen LogP contribution in [-0.2, 0) is 0 Å². The molecular weight excluding hydrogens is 212 g/mol. The van der Waals surface area contributed by atoms with Crippen LogP contribution in [0.3, 0.4) is 0 Å². The van der Waals surface area contributed by atoms with Gasteiger partial charge in [-0.05, 0) is 0 Å². The molecule has 0 saturated carbocycles. The molecule has 1 aromatic heterocycles. The summed E-state index contributed by atoms with van der Waals surface area (Å²) in [5.74, 6) is 0.626. The average Bonchev–Trinajstić information content (AvgIpc) is 2.30.